The molecule has 0 saturated carbocycles. The molecule has 3 nitrogen and oxygen atoms in total. The van der Waals surface area contributed by atoms with E-state index in [1.165, 1.54) is 24.9 Å². The van der Waals surface area contributed by atoms with Crippen LogP contribution in [0.15, 0.2) is 18.2 Å². The molecule has 1 fully saturated rings. The number of rotatable bonds is 1. The smallest absolute Gasteiger partial charge is 0.164 e. The van der Waals surface area contributed by atoms with Crippen LogP contribution < -0.4 is 9.47 Å². The quantitative estimate of drug-likeness (QED) is 0.761. The highest BCUT2D eigenvalue weighted by molar-refractivity contribution is 5.51. The summed E-state index contributed by atoms with van der Waals surface area (Å²) < 4.78 is 11.3. The molecule has 1 aromatic carbocycles. The van der Waals surface area contributed by atoms with Gasteiger partial charge in [0.2, 0.25) is 0 Å². The average molecular weight is 247 g/mol. The summed E-state index contributed by atoms with van der Waals surface area (Å²) >= 11 is 0. The lowest BCUT2D eigenvalue weighted by Crippen LogP contribution is -2.47. The normalized spacial score (nSPS) is 27.7. The maximum atomic E-state index is 5.86. The zero-order chi connectivity index (χ0) is 12.6. The molecule has 0 bridgehead atoms. The lowest BCUT2D eigenvalue weighted by Gasteiger charge is -2.45. The number of hydrogen-bond donors (Lipinski definition) is 0. The molecule has 2 aliphatic rings. The van der Waals surface area contributed by atoms with Crippen LogP contribution in [0.25, 0.3) is 0 Å². The van der Waals surface area contributed by atoms with Gasteiger partial charge in [0.1, 0.15) is 0 Å². The third-order valence-corrected chi connectivity index (χ3v) is 4.36. The fourth-order valence-electron chi connectivity index (χ4n) is 3.51. The molecule has 0 amide bonds. The predicted molar refractivity (Wildman–Crippen MR) is 71.5 cm³/mol. The fraction of sp³-hybridized carbons (Fsp3) is 0.600. The van der Waals surface area contributed by atoms with E-state index in [1.54, 1.807) is 7.11 Å². The number of ether oxygens (including phenoxy) is 2. The average Bonchev–Trinajstić information content (AvgIpc) is 2.38. The van der Waals surface area contributed by atoms with Gasteiger partial charge in [-0.15, -0.1) is 0 Å². The zero-order valence-corrected chi connectivity index (χ0v) is 11.2. The summed E-state index contributed by atoms with van der Waals surface area (Å²) in [6.07, 6.45) is 3.66. The van der Waals surface area contributed by atoms with Crippen LogP contribution in [-0.4, -0.2) is 38.8 Å². The molecule has 3 heteroatoms. The van der Waals surface area contributed by atoms with Crippen molar-refractivity contribution in [1.82, 2.24) is 4.90 Å². The Bertz CT molecular complexity index is 446. The van der Waals surface area contributed by atoms with Gasteiger partial charge in [0, 0.05) is 17.5 Å². The second-order valence-corrected chi connectivity index (χ2v) is 5.56. The van der Waals surface area contributed by atoms with E-state index in [1.807, 2.05) is 6.07 Å². The van der Waals surface area contributed by atoms with Gasteiger partial charge in [-0.25, -0.2) is 0 Å². The highest BCUT2D eigenvalue weighted by Gasteiger charge is 2.41. The molecule has 2 aliphatic heterocycles. The van der Waals surface area contributed by atoms with Gasteiger partial charge in [0.25, 0.3) is 0 Å². The number of para-hydroxylation sites is 1. The number of benzene rings is 1. The van der Waals surface area contributed by atoms with Crippen molar-refractivity contribution in [3.63, 3.8) is 0 Å². The van der Waals surface area contributed by atoms with Crippen molar-refractivity contribution in [2.24, 2.45) is 0 Å². The first kappa shape index (κ1) is 11.8. The molecule has 3 rings (SSSR count). The molecule has 0 aliphatic carbocycles. The summed E-state index contributed by atoms with van der Waals surface area (Å²) in [5.74, 6) is 1.85. The van der Waals surface area contributed by atoms with E-state index in [0.29, 0.717) is 0 Å². The first-order valence-corrected chi connectivity index (χ1v) is 6.74. The van der Waals surface area contributed by atoms with Crippen LogP contribution in [-0.2, 0) is 5.41 Å². The molecule has 1 unspecified atom stereocenters. The second-order valence-electron chi connectivity index (χ2n) is 5.56. The van der Waals surface area contributed by atoms with Gasteiger partial charge >= 0.3 is 0 Å². The third-order valence-electron chi connectivity index (χ3n) is 4.36. The molecule has 0 N–H and O–H groups in total. The van der Waals surface area contributed by atoms with Gasteiger partial charge in [-0.2, -0.15) is 0 Å². The van der Waals surface area contributed by atoms with Crippen molar-refractivity contribution in [2.75, 3.05) is 33.9 Å². The van der Waals surface area contributed by atoms with E-state index in [-0.39, 0.29) is 5.41 Å². The Hall–Kier alpha value is -1.22. The molecule has 1 saturated heterocycles. The zero-order valence-electron chi connectivity index (χ0n) is 11.2. The van der Waals surface area contributed by atoms with E-state index >= 15 is 0 Å². The van der Waals surface area contributed by atoms with Gasteiger partial charge in [-0.1, -0.05) is 12.1 Å². The van der Waals surface area contributed by atoms with E-state index in [0.717, 1.165) is 31.1 Å². The Labute approximate surface area is 109 Å². The lowest BCUT2D eigenvalue weighted by molar-refractivity contribution is 0.120. The number of likely N-dealkylation sites (N-methyl/N-ethyl adjacent to an activating group) is 1. The minimum atomic E-state index is 0.273. The first-order chi connectivity index (χ1) is 8.75. The second kappa shape index (κ2) is 4.47. The van der Waals surface area contributed by atoms with Crippen LogP contribution in [0, 0.1) is 0 Å². The SMILES string of the molecule is COc1cccc2c1OCCC21CCCN(C)C1. The monoisotopic (exact) mass is 247 g/mol. The number of hydrogen-bond acceptors (Lipinski definition) is 3. The molecule has 0 radical (unpaired) electrons. The van der Waals surface area contributed by atoms with Crippen LogP contribution in [0.5, 0.6) is 11.5 Å². The molecule has 98 valence electrons. The van der Waals surface area contributed by atoms with Crippen LogP contribution in [0.3, 0.4) is 0 Å². The highest BCUT2D eigenvalue weighted by Crippen LogP contribution is 2.47. The standard InChI is InChI=1S/C15H21NO2/c1-16-9-4-7-15(11-16)8-10-18-14-12(15)5-3-6-13(14)17-2/h3,5-6H,4,7-11H2,1-2H3. The van der Waals surface area contributed by atoms with Crippen molar-refractivity contribution in [3.8, 4) is 11.5 Å². The van der Waals surface area contributed by atoms with Crippen molar-refractivity contribution in [2.45, 2.75) is 24.7 Å². The molecular formula is C15H21NO2. The minimum absolute atomic E-state index is 0.273. The molecular weight excluding hydrogens is 226 g/mol. The molecule has 1 atom stereocenters. The minimum Gasteiger partial charge on any atom is -0.493 e. The topological polar surface area (TPSA) is 21.7 Å². The van der Waals surface area contributed by atoms with Crippen LogP contribution >= 0.6 is 0 Å². The number of piperidine rings is 1. The van der Waals surface area contributed by atoms with Crippen molar-refractivity contribution < 1.29 is 9.47 Å². The van der Waals surface area contributed by atoms with E-state index < -0.39 is 0 Å². The summed E-state index contributed by atoms with van der Waals surface area (Å²) in [4.78, 5) is 2.44. The Morgan fingerprint density at radius 3 is 3.00 bits per heavy atom. The Morgan fingerprint density at radius 1 is 1.33 bits per heavy atom. The summed E-state index contributed by atoms with van der Waals surface area (Å²) in [6.45, 7) is 3.15. The van der Waals surface area contributed by atoms with Crippen LogP contribution in [0.4, 0.5) is 0 Å². The number of likely N-dealkylation sites (tertiary alicyclic amines) is 1. The van der Waals surface area contributed by atoms with Crippen molar-refractivity contribution in [1.29, 1.82) is 0 Å². The van der Waals surface area contributed by atoms with Crippen LogP contribution in [0.2, 0.25) is 0 Å². The van der Waals surface area contributed by atoms with Gasteiger partial charge in [-0.05, 0) is 38.9 Å². The predicted octanol–water partition coefficient (Wildman–Crippen LogP) is 2.44. The molecule has 2 heterocycles. The van der Waals surface area contributed by atoms with Gasteiger partial charge in [0.05, 0.1) is 13.7 Å². The van der Waals surface area contributed by atoms with Crippen molar-refractivity contribution in [3.05, 3.63) is 23.8 Å². The third kappa shape index (κ3) is 1.77. The molecule has 1 aromatic rings. The maximum absolute atomic E-state index is 5.86. The summed E-state index contributed by atoms with van der Waals surface area (Å²) in [6, 6.07) is 6.29. The Morgan fingerprint density at radius 2 is 2.22 bits per heavy atom. The van der Waals surface area contributed by atoms with E-state index in [4.69, 9.17) is 9.47 Å². The van der Waals surface area contributed by atoms with E-state index in [9.17, 15) is 0 Å². The summed E-state index contributed by atoms with van der Waals surface area (Å²) in [7, 11) is 3.93. The highest BCUT2D eigenvalue weighted by atomic mass is 16.5. The maximum Gasteiger partial charge on any atom is 0.164 e. The Kier molecular flexibility index (Phi) is 2.94. The summed E-state index contributed by atoms with van der Waals surface area (Å²) in [5.41, 5.74) is 1.62. The number of nitrogens with zero attached hydrogens (tertiary/aromatic N) is 1. The lowest BCUT2D eigenvalue weighted by atomic mass is 9.70. The van der Waals surface area contributed by atoms with Crippen molar-refractivity contribution >= 4 is 0 Å². The Balaban J connectivity index is 2.06. The number of fused-ring (bicyclic) bond motifs is 2. The van der Waals surface area contributed by atoms with E-state index in [2.05, 4.69) is 24.1 Å². The molecule has 18 heavy (non-hydrogen) atoms. The van der Waals surface area contributed by atoms with Gasteiger partial charge in [0.15, 0.2) is 11.5 Å². The summed E-state index contributed by atoms with van der Waals surface area (Å²) in [5, 5.41) is 0. The molecule has 1 spiro atoms. The largest absolute Gasteiger partial charge is 0.493 e. The van der Waals surface area contributed by atoms with Crippen LogP contribution in [0.1, 0.15) is 24.8 Å². The van der Waals surface area contributed by atoms with Gasteiger partial charge in [-0.3, -0.25) is 0 Å². The van der Waals surface area contributed by atoms with Gasteiger partial charge < -0.3 is 14.4 Å². The number of methoxy groups -OCH3 is 1. The fourth-order valence-corrected chi connectivity index (χ4v) is 3.51. The molecule has 0 aromatic heterocycles. The first-order valence-electron chi connectivity index (χ1n) is 6.74.